The van der Waals surface area contributed by atoms with Gasteiger partial charge in [0, 0.05) is 19.1 Å². The van der Waals surface area contributed by atoms with Crippen LogP contribution in [0.25, 0.3) is 0 Å². The standard InChI is InChI=1S/C11H11Br2NS2/c1-6-7(12)5-9(15-6)11(14-2)8-3-4-10(13)16-8/h3-5,11,14H,1-2H3. The molecule has 0 aromatic carbocycles. The Morgan fingerprint density at radius 3 is 2.38 bits per heavy atom. The first-order chi connectivity index (χ1) is 7.61. The molecular weight excluding hydrogens is 370 g/mol. The molecule has 0 saturated carbocycles. The molecule has 1 atom stereocenters. The van der Waals surface area contributed by atoms with Gasteiger partial charge in [-0.2, -0.15) is 0 Å². The van der Waals surface area contributed by atoms with Crippen LogP contribution in [0.15, 0.2) is 26.5 Å². The van der Waals surface area contributed by atoms with Crippen LogP contribution >= 0.6 is 54.5 Å². The van der Waals surface area contributed by atoms with E-state index >= 15 is 0 Å². The van der Waals surface area contributed by atoms with Crippen LogP contribution in [0.1, 0.15) is 20.7 Å². The molecule has 0 amide bonds. The van der Waals surface area contributed by atoms with Crippen molar-refractivity contribution in [1.29, 1.82) is 0 Å². The maximum atomic E-state index is 3.57. The average Bonchev–Trinajstić information content (AvgIpc) is 2.77. The van der Waals surface area contributed by atoms with Gasteiger partial charge in [0.05, 0.1) is 9.83 Å². The molecule has 0 bridgehead atoms. The second kappa shape index (κ2) is 5.31. The molecule has 2 aromatic heterocycles. The summed E-state index contributed by atoms with van der Waals surface area (Å²) in [6.45, 7) is 2.13. The smallest absolute Gasteiger partial charge is 0.0763 e. The zero-order valence-electron chi connectivity index (χ0n) is 8.88. The van der Waals surface area contributed by atoms with Gasteiger partial charge in [-0.1, -0.05) is 0 Å². The van der Waals surface area contributed by atoms with Crippen LogP contribution in [-0.4, -0.2) is 7.05 Å². The Hall–Kier alpha value is 0.320. The van der Waals surface area contributed by atoms with E-state index in [1.54, 1.807) is 11.3 Å². The van der Waals surface area contributed by atoms with Gasteiger partial charge in [0.1, 0.15) is 0 Å². The number of rotatable bonds is 3. The summed E-state index contributed by atoms with van der Waals surface area (Å²) in [4.78, 5) is 4.01. The molecule has 0 radical (unpaired) electrons. The van der Waals surface area contributed by atoms with Crippen molar-refractivity contribution in [2.75, 3.05) is 7.05 Å². The monoisotopic (exact) mass is 379 g/mol. The summed E-state index contributed by atoms with van der Waals surface area (Å²) in [6.07, 6.45) is 0. The first-order valence-corrected chi connectivity index (χ1v) is 8.02. The van der Waals surface area contributed by atoms with Crippen molar-refractivity contribution in [1.82, 2.24) is 5.32 Å². The third-order valence-corrected chi connectivity index (χ3v) is 6.22. The van der Waals surface area contributed by atoms with Crippen LogP contribution in [0.2, 0.25) is 0 Å². The van der Waals surface area contributed by atoms with E-state index in [4.69, 9.17) is 0 Å². The largest absolute Gasteiger partial charge is 0.308 e. The molecule has 86 valence electrons. The lowest BCUT2D eigenvalue weighted by Gasteiger charge is -2.11. The lowest BCUT2D eigenvalue weighted by atomic mass is 10.2. The van der Waals surface area contributed by atoms with Crippen LogP contribution in [0, 0.1) is 6.92 Å². The third kappa shape index (κ3) is 2.59. The Morgan fingerprint density at radius 2 is 1.94 bits per heavy atom. The molecular formula is C11H11Br2NS2. The van der Waals surface area contributed by atoms with Crippen molar-refractivity contribution < 1.29 is 0 Å². The topological polar surface area (TPSA) is 12.0 Å². The predicted molar refractivity (Wildman–Crippen MR) is 79.7 cm³/mol. The average molecular weight is 381 g/mol. The number of aryl methyl sites for hydroxylation is 1. The Bertz CT molecular complexity index is 470. The molecule has 2 heterocycles. The second-order valence-electron chi connectivity index (χ2n) is 3.42. The normalized spacial score (nSPS) is 13.0. The predicted octanol–water partition coefficient (Wildman–Crippen LogP) is 4.95. The van der Waals surface area contributed by atoms with Crippen LogP contribution in [0.5, 0.6) is 0 Å². The van der Waals surface area contributed by atoms with Crippen LogP contribution in [-0.2, 0) is 0 Å². The number of hydrogen-bond donors (Lipinski definition) is 1. The van der Waals surface area contributed by atoms with Crippen molar-refractivity contribution in [2.24, 2.45) is 0 Å². The summed E-state index contributed by atoms with van der Waals surface area (Å²) in [7, 11) is 2.00. The highest BCUT2D eigenvalue weighted by Crippen LogP contribution is 2.36. The summed E-state index contributed by atoms with van der Waals surface area (Å²) >= 11 is 10.7. The van der Waals surface area contributed by atoms with E-state index in [9.17, 15) is 0 Å². The molecule has 1 nitrogen and oxygen atoms in total. The van der Waals surface area contributed by atoms with Gasteiger partial charge in [-0.3, -0.25) is 0 Å². The molecule has 0 aliphatic carbocycles. The highest BCUT2D eigenvalue weighted by Gasteiger charge is 2.17. The van der Waals surface area contributed by atoms with Crippen molar-refractivity contribution in [3.8, 4) is 0 Å². The van der Waals surface area contributed by atoms with Crippen molar-refractivity contribution in [3.05, 3.63) is 41.1 Å². The first kappa shape index (κ1) is 12.8. The summed E-state index contributed by atoms with van der Waals surface area (Å²) in [5.74, 6) is 0. The fraction of sp³-hybridized carbons (Fsp3) is 0.273. The SMILES string of the molecule is CNC(c1ccc(Br)s1)c1cc(Br)c(C)s1. The minimum absolute atomic E-state index is 0.297. The number of nitrogens with one attached hydrogen (secondary N) is 1. The third-order valence-electron chi connectivity index (χ3n) is 2.33. The summed E-state index contributed by atoms with van der Waals surface area (Å²) < 4.78 is 2.37. The summed E-state index contributed by atoms with van der Waals surface area (Å²) in [5.41, 5.74) is 0. The van der Waals surface area contributed by atoms with Gasteiger partial charge in [0.25, 0.3) is 0 Å². The highest BCUT2D eigenvalue weighted by molar-refractivity contribution is 9.11. The van der Waals surface area contributed by atoms with Crippen LogP contribution in [0.3, 0.4) is 0 Å². The minimum Gasteiger partial charge on any atom is -0.308 e. The lowest BCUT2D eigenvalue weighted by Crippen LogP contribution is -2.14. The van der Waals surface area contributed by atoms with Gasteiger partial charge < -0.3 is 5.32 Å². The molecule has 16 heavy (non-hydrogen) atoms. The van der Waals surface area contributed by atoms with Gasteiger partial charge in [0.2, 0.25) is 0 Å². The van der Waals surface area contributed by atoms with E-state index < -0.39 is 0 Å². The maximum absolute atomic E-state index is 3.57. The van der Waals surface area contributed by atoms with Gasteiger partial charge in [-0.15, -0.1) is 22.7 Å². The van der Waals surface area contributed by atoms with Gasteiger partial charge in [-0.05, 0) is 64.0 Å². The molecule has 0 aliphatic heterocycles. The molecule has 2 rings (SSSR count). The highest BCUT2D eigenvalue weighted by atomic mass is 79.9. The molecule has 0 fully saturated rings. The zero-order chi connectivity index (χ0) is 11.7. The molecule has 1 N–H and O–H groups in total. The van der Waals surface area contributed by atoms with Crippen molar-refractivity contribution >= 4 is 54.5 Å². The molecule has 0 spiro atoms. The van der Waals surface area contributed by atoms with E-state index in [0.717, 1.165) is 0 Å². The van der Waals surface area contributed by atoms with E-state index in [-0.39, 0.29) is 0 Å². The van der Waals surface area contributed by atoms with Gasteiger partial charge in [-0.25, -0.2) is 0 Å². The fourth-order valence-corrected chi connectivity index (χ4v) is 4.85. The molecule has 0 saturated heterocycles. The quantitative estimate of drug-likeness (QED) is 0.793. The van der Waals surface area contributed by atoms with E-state index in [0.29, 0.717) is 6.04 Å². The zero-order valence-corrected chi connectivity index (χ0v) is 13.7. The number of halogens is 2. The summed E-state index contributed by atoms with van der Waals surface area (Å²) in [6, 6.07) is 6.76. The minimum atomic E-state index is 0.297. The molecule has 2 aromatic rings. The van der Waals surface area contributed by atoms with Crippen LogP contribution in [0.4, 0.5) is 0 Å². The fourth-order valence-electron chi connectivity index (χ4n) is 1.53. The van der Waals surface area contributed by atoms with E-state index in [1.165, 1.54) is 22.9 Å². The Labute approximate surface area is 120 Å². The molecule has 5 heteroatoms. The Morgan fingerprint density at radius 1 is 1.19 bits per heavy atom. The number of hydrogen-bond acceptors (Lipinski definition) is 3. The van der Waals surface area contributed by atoms with E-state index in [2.05, 4.69) is 62.3 Å². The van der Waals surface area contributed by atoms with E-state index in [1.807, 2.05) is 18.4 Å². The van der Waals surface area contributed by atoms with Crippen LogP contribution < -0.4 is 5.32 Å². The molecule has 0 aliphatic rings. The first-order valence-electron chi connectivity index (χ1n) is 4.80. The van der Waals surface area contributed by atoms with Gasteiger partial charge >= 0.3 is 0 Å². The van der Waals surface area contributed by atoms with Gasteiger partial charge in [0.15, 0.2) is 0 Å². The van der Waals surface area contributed by atoms with Crippen molar-refractivity contribution in [2.45, 2.75) is 13.0 Å². The number of thiophene rings is 2. The lowest BCUT2D eigenvalue weighted by molar-refractivity contribution is 0.716. The Kier molecular flexibility index (Phi) is 4.24. The summed E-state index contributed by atoms with van der Waals surface area (Å²) in [5, 5.41) is 3.37. The Balaban J connectivity index is 2.36. The van der Waals surface area contributed by atoms with Crippen molar-refractivity contribution in [3.63, 3.8) is 0 Å². The molecule has 1 unspecified atom stereocenters. The maximum Gasteiger partial charge on any atom is 0.0763 e. The second-order valence-corrected chi connectivity index (χ2v) is 8.05.